The Labute approximate surface area is 77.1 Å². The third kappa shape index (κ3) is 3.09. The SMILES string of the molecule is COc1ncc(C#CC(C)N)cn1. The van der Waals surface area contributed by atoms with Crippen LogP contribution in [0.4, 0.5) is 0 Å². The largest absolute Gasteiger partial charge is 0.467 e. The molecular formula is C9H11N3O. The second-order valence-corrected chi connectivity index (χ2v) is 2.52. The van der Waals surface area contributed by atoms with E-state index in [1.165, 1.54) is 7.11 Å². The normalized spacial score (nSPS) is 11.3. The highest BCUT2D eigenvalue weighted by molar-refractivity contribution is 5.31. The number of aromatic nitrogens is 2. The lowest BCUT2D eigenvalue weighted by molar-refractivity contribution is 0.379. The maximum Gasteiger partial charge on any atom is 0.316 e. The van der Waals surface area contributed by atoms with Crippen LogP contribution in [0.1, 0.15) is 12.5 Å². The molecule has 1 rings (SSSR count). The summed E-state index contributed by atoms with van der Waals surface area (Å²) in [5, 5.41) is 0. The zero-order chi connectivity index (χ0) is 9.68. The summed E-state index contributed by atoms with van der Waals surface area (Å²) in [6.45, 7) is 1.82. The van der Waals surface area contributed by atoms with Crippen LogP contribution in [0.5, 0.6) is 6.01 Å². The molecule has 1 aromatic rings. The molecule has 0 aliphatic carbocycles. The van der Waals surface area contributed by atoms with Crippen LogP contribution in [0.15, 0.2) is 12.4 Å². The standard InChI is InChI=1S/C9H11N3O/c1-7(10)3-4-8-5-11-9(13-2)12-6-8/h5-7H,10H2,1-2H3. The minimum Gasteiger partial charge on any atom is -0.467 e. The first kappa shape index (κ1) is 9.49. The quantitative estimate of drug-likeness (QED) is 0.622. The molecule has 1 heterocycles. The summed E-state index contributed by atoms with van der Waals surface area (Å²) in [4.78, 5) is 7.80. The number of methoxy groups -OCH3 is 1. The lowest BCUT2D eigenvalue weighted by atomic mass is 10.3. The van der Waals surface area contributed by atoms with Gasteiger partial charge in [0, 0.05) is 12.4 Å². The molecule has 0 radical (unpaired) electrons. The van der Waals surface area contributed by atoms with E-state index in [0.717, 1.165) is 5.56 Å². The number of rotatable bonds is 1. The van der Waals surface area contributed by atoms with Crippen molar-refractivity contribution in [1.29, 1.82) is 0 Å². The minimum absolute atomic E-state index is 0.137. The van der Waals surface area contributed by atoms with Crippen molar-refractivity contribution < 1.29 is 4.74 Å². The van der Waals surface area contributed by atoms with Crippen LogP contribution >= 0.6 is 0 Å². The third-order valence-electron chi connectivity index (χ3n) is 1.25. The molecule has 4 nitrogen and oxygen atoms in total. The van der Waals surface area contributed by atoms with E-state index in [-0.39, 0.29) is 6.04 Å². The van der Waals surface area contributed by atoms with Crippen molar-refractivity contribution in [3.05, 3.63) is 18.0 Å². The highest BCUT2D eigenvalue weighted by Crippen LogP contribution is 1.99. The Bertz CT molecular complexity index is 321. The monoisotopic (exact) mass is 177 g/mol. The number of nitrogens with zero attached hydrogens (tertiary/aromatic N) is 2. The smallest absolute Gasteiger partial charge is 0.316 e. The van der Waals surface area contributed by atoms with E-state index in [4.69, 9.17) is 10.5 Å². The van der Waals surface area contributed by atoms with Gasteiger partial charge in [-0.3, -0.25) is 0 Å². The molecule has 0 aliphatic heterocycles. The van der Waals surface area contributed by atoms with Gasteiger partial charge in [-0.1, -0.05) is 11.8 Å². The van der Waals surface area contributed by atoms with Gasteiger partial charge in [-0.05, 0) is 6.92 Å². The van der Waals surface area contributed by atoms with Gasteiger partial charge in [0.05, 0.1) is 18.7 Å². The summed E-state index contributed by atoms with van der Waals surface area (Å²) < 4.78 is 4.80. The van der Waals surface area contributed by atoms with E-state index in [1.54, 1.807) is 12.4 Å². The van der Waals surface area contributed by atoms with Crippen molar-refractivity contribution in [2.45, 2.75) is 13.0 Å². The Hall–Kier alpha value is -1.60. The number of nitrogens with two attached hydrogens (primary N) is 1. The highest BCUT2D eigenvalue weighted by Gasteiger charge is 1.92. The molecule has 0 aliphatic rings. The molecule has 0 amide bonds. The summed E-state index contributed by atoms with van der Waals surface area (Å²) in [5.74, 6) is 5.65. The zero-order valence-corrected chi connectivity index (χ0v) is 7.61. The Balaban J connectivity index is 2.77. The lowest BCUT2D eigenvalue weighted by Crippen LogP contribution is -2.10. The van der Waals surface area contributed by atoms with Crippen LogP contribution < -0.4 is 10.5 Å². The van der Waals surface area contributed by atoms with E-state index in [0.29, 0.717) is 6.01 Å². The van der Waals surface area contributed by atoms with Crippen LogP contribution in [0.3, 0.4) is 0 Å². The molecule has 0 saturated heterocycles. The first-order chi connectivity index (χ1) is 6.22. The van der Waals surface area contributed by atoms with E-state index in [2.05, 4.69) is 21.8 Å². The van der Waals surface area contributed by atoms with Crippen molar-refractivity contribution >= 4 is 0 Å². The average Bonchev–Trinajstić information content (AvgIpc) is 2.15. The van der Waals surface area contributed by atoms with Gasteiger partial charge in [0.25, 0.3) is 0 Å². The third-order valence-corrected chi connectivity index (χ3v) is 1.25. The molecule has 4 heteroatoms. The summed E-state index contributed by atoms with van der Waals surface area (Å²) in [6.07, 6.45) is 3.20. The summed E-state index contributed by atoms with van der Waals surface area (Å²) in [7, 11) is 1.52. The van der Waals surface area contributed by atoms with Crippen molar-refractivity contribution in [2.75, 3.05) is 7.11 Å². The Kier molecular flexibility index (Phi) is 3.23. The first-order valence-corrected chi connectivity index (χ1v) is 3.85. The van der Waals surface area contributed by atoms with Gasteiger partial charge >= 0.3 is 6.01 Å². The number of hydrogen-bond donors (Lipinski definition) is 1. The molecule has 1 aromatic heterocycles. The zero-order valence-electron chi connectivity index (χ0n) is 7.61. The molecule has 1 unspecified atom stereocenters. The van der Waals surface area contributed by atoms with Crippen LogP contribution in [-0.4, -0.2) is 23.1 Å². The van der Waals surface area contributed by atoms with Gasteiger partial charge in [-0.25, -0.2) is 9.97 Å². The van der Waals surface area contributed by atoms with E-state index in [1.807, 2.05) is 6.92 Å². The van der Waals surface area contributed by atoms with Gasteiger partial charge < -0.3 is 10.5 Å². The minimum atomic E-state index is -0.137. The van der Waals surface area contributed by atoms with Gasteiger partial charge in [0.1, 0.15) is 0 Å². The second-order valence-electron chi connectivity index (χ2n) is 2.52. The lowest BCUT2D eigenvalue weighted by Gasteiger charge is -1.95. The Morgan fingerprint density at radius 3 is 2.54 bits per heavy atom. The number of ether oxygens (including phenoxy) is 1. The van der Waals surface area contributed by atoms with E-state index >= 15 is 0 Å². The first-order valence-electron chi connectivity index (χ1n) is 3.85. The average molecular weight is 177 g/mol. The van der Waals surface area contributed by atoms with E-state index < -0.39 is 0 Å². The maximum atomic E-state index is 5.46. The fourth-order valence-corrected chi connectivity index (χ4v) is 0.683. The van der Waals surface area contributed by atoms with Crippen LogP contribution in [0.25, 0.3) is 0 Å². The topological polar surface area (TPSA) is 61.0 Å². The molecule has 0 bridgehead atoms. The summed E-state index contributed by atoms with van der Waals surface area (Å²) in [5.41, 5.74) is 6.19. The highest BCUT2D eigenvalue weighted by atomic mass is 16.5. The number of hydrogen-bond acceptors (Lipinski definition) is 4. The second kappa shape index (κ2) is 4.43. The van der Waals surface area contributed by atoms with Crippen LogP contribution in [-0.2, 0) is 0 Å². The Morgan fingerprint density at radius 1 is 1.46 bits per heavy atom. The van der Waals surface area contributed by atoms with Gasteiger partial charge in [-0.15, -0.1) is 0 Å². The predicted molar refractivity (Wildman–Crippen MR) is 49.1 cm³/mol. The van der Waals surface area contributed by atoms with Crippen LogP contribution in [0, 0.1) is 11.8 Å². The molecule has 1 atom stereocenters. The van der Waals surface area contributed by atoms with Gasteiger partial charge in [-0.2, -0.15) is 0 Å². The molecule has 13 heavy (non-hydrogen) atoms. The van der Waals surface area contributed by atoms with Crippen LogP contribution in [0.2, 0.25) is 0 Å². The van der Waals surface area contributed by atoms with Crippen molar-refractivity contribution in [3.63, 3.8) is 0 Å². The predicted octanol–water partition coefficient (Wildman–Crippen LogP) is 0.184. The Morgan fingerprint density at radius 2 is 2.08 bits per heavy atom. The van der Waals surface area contributed by atoms with Crippen molar-refractivity contribution in [1.82, 2.24) is 9.97 Å². The van der Waals surface area contributed by atoms with E-state index in [9.17, 15) is 0 Å². The molecular weight excluding hydrogens is 166 g/mol. The van der Waals surface area contributed by atoms with Crippen molar-refractivity contribution in [3.8, 4) is 17.9 Å². The van der Waals surface area contributed by atoms with Crippen molar-refractivity contribution in [2.24, 2.45) is 5.73 Å². The molecule has 0 spiro atoms. The summed E-state index contributed by atoms with van der Waals surface area (Å²) >= 11 is 0. The molecule has 2 N–H and O–H groups in total. The molecule has 0 saturated carbocycles. The molecule has 68 valence electrons. The molecule has 0 fully saturated rings. The molecule has 0 aromatic carbocycles. The fourth-order valence-electron chi connectivity index (χ4n) is 0.683. The van der Waals surface area contributed by atoms with Gasteiger partial charge in [0.2, 0.25) is 0 Å². The maximum absolute atomic E-state index is 5.46. The fraction of sp³-hybridized carbons (Fsp3) is 0.333. The summed E-state index contributed by atoms with van der Waals surface area (Å²) in [6, 6.07) is 0.202. The van der Waals surface area contributed by atoms with Gasteiger partial charge in [0.15, 0.2) is 0 Å².